The van der Waals surface area contributed by atoms with Crippen LogP contribution in [-0.2, 0) is 6.42 Å². The molecule has 1 atom stereocenters. The van der Waals surface area contributed by atoms with Crippen LogP contribution in [-0.4, -0.2) is 12.6 Å². The van der Waals surface area contributed by atoms with Crippen LogP contribution in [0.5, 0.6) is 0 Å². The summed E-state index contributed by atoms with van der Waals surface area (Å²) in [4.78, 5) is 0. The Bertz CT molecular complexity index is 497. The fourth-order valence-electron chi connectivity index (χ4n) is 2.44. The van der Waals surface area contributed by atoms with Gasteiger partial charge in [0, 0.05) is 18.5 Å². The zero-order valence-corrected chi connectivity index (χ0v) is 11.4. The lowest BCUT2D eigenvalue weighted by atomic mass is 9.92. The minimum absolute atomic E-state index is 0.527. The molecule has 1 unspecified atom stereocenters. The molecule has 0 saturated heterocycles. The van der Waals surface area contributed by atoms with Gasteiger partial charge < -0.3 is 9.73 Å². The Morgan fingerprint density at radius 1 is 1.21 bits per heavy atom. The van der Waals surface area contributed by atoms with Crippen molar-refractivity contribution in [3.05, 3.63) is 59.5 Å². The molecule has 19 heavy (non-hydrogen) atoms. The summed E-state index contributed by atoms with van der Waals surface area (Å²) in [5, 5.41) is 3.65. The molecule has 2 aromatic rings. The summed E-state index contributed by atoms with van der Waals surface area (Å²) in [6, 6.07) is 11.8. The number of hydrogen-bond acceptors (Lipinski definition) is 2. The molecule has 0 spiro atoms. The summed E-state index contributed by atoms with van der Waals surface area (Å²) < 4.78 is 5.19. The Morgan fingerprint density at radius 2 is 2.00 bits per heavy atom. The molecule has 1 aliphatic rings. The van der Waals surface area contributed by atoms with Gasteiger partial charge in [0.2, 0.25) is 0 Å². The summed E-state index contributed by atoms with van der Waals surface area (Å²) >= 11 is 0. The van der Waals surface area contributed by atoms with Crippen LogP contribution in [0.1, 0.15) is 35.4 Å². The Labute approximate surface area is 114 Å². The lowest BCUT2D eigenvalue weighted by Gasteiger charge is -2.17. The highest BCUT2D eigenvalue weighted by atomic mass is 16.3. The smallest absolute Gasteiger partial charge is 0.0934 e. The van der Waals surface area contributed by atoms with Crippen LogP contribution in [0, 0.1) is 6.92 Å². The molecule has 1 heterocycles. The standard InChI is InChI=1S/C17H21NO/c1-13-2-4-15(5-3-13)16(11-18-17-6-7-17)10-14-8-9-19-12-14/h2-5,8-9,12,16-18H,6-7,10-11H2,1H3. The van der Waals surface area contributed by atoms with Crippen LogP contribution >= 0.6 is 0 Å². The molecule has 100 valence electrons. The second-order valence-corrected chi connectivity index (χ2v) is 5.63. The summed E-state index contributed by atoms with van der Waals surface area (Å²) in [5.74, 6) is 0.527. The molecule has 3 rings (SSSR count). The quantitative estimate of drug-likeness (QED) is 0.852. The zero-order valence-electron chi connectivity index (χ0n) is 11.4. The van der Waals surface area contributed by atoms with Crippen LogP contribution in [0.3, 0.4) is 0 Å². The molecular weight excluding hydrogens is 234 g/mol. The van der Waals surface area contributed by atoms with E-state index in [-0.39, 0.29) is 0 Å². The molecule has 2 heteroatoms. The van der Waals surface area contributed by atoms with Crippen molar-refractivity contribution in [2.45, 2.75) is 38.1 Å². The van der Waals surface area contributed by atoms with Gasteiger partial charge >= 0.3 is 0 Å². The Morgan fingerprint density at radius 3 is 2.63 bits per heavy atom. The fraction of sp³-hybridized carbons (Fsp3) is 0.412. The van der Waals surface area contributed by atoms with Crippen molar-refractivity contribution in [1.29, 1.82) is 0 Å². The lowest BCUT2D eigenvalue weighted by molar-refractivity contribution is 0.551. The van der Waals surface area contributed by atoms with Crippen molar-refractivity contribution < 1.29 is 4.42 Å². The van der Waals surface area contributed by atoms with Gasteiger partial charge in [-0.15, -0.1) is 0 Å². The summed E-state index contributed by atoms with van der Waals surface area (Å²) in [6.45, 7) is 3.19. The average molecular weight is 255 g/mol. The third-order valence-electron chi connectivity index (χ3n) is 3.84. The van der Waals surface area contributed by atoms with Crippen LogP contribution < -0.4 is 5.32 Å². The van der Waals surface area contributed by atoms with E-state index < -0.39 is 0 Å². The largest absolute Gasteiger partial charge is 0.472 e. The second kappa shape index (κ2) is 5.62. The molecule has 1 aliphatic carbocycles. The molecule has 2 nitrogen and oxygen atoms in total. The summed E-state index contributed by atoms with van der Waals surface area (Å²) in [5.41, 5.74) is 4.02. The highest BCUT2D eigenvalue weighted by Gasteiger charge is 2.22. The van der Waals surface area contributed by atoms with E-state index in [2.05, 4.69) is 42.6 Å². The molecule has 0 aliphatic heterocycles. The summed E-state index contributed by atoms with van der Waals surface area (Å²) in [6.07, 6.45) is 7.34. The van der Waals surface area contributed by atoms with Crippen LogP contribution in [0.2, 0.25) is 0 Å². The molecule has 0 bridgehead atoms. The van der Waals surface area contributed by atoms with Gasteiger partial charge in [0.05, 0.1) is 12.5 Å². The Kier molecular flexibility index (Phi) is 3.69. The maximum atomic E-state index is 5.19. The van der Waals surface area contributed by atoms with E-state index in [0.29, 0.717) is 5.92 Å². The molecule has 1 aromatic heterocycles. The monoisotopic (exact) mass is 255 g/mol. The van der Waals surface area contributed by atoms with Crippen molar-refractivity contribution in [2.75, 3.05) is 6.54 Å². The van der Waals surface area contributed by atoms with Crippen molar-refractivity contribution in [2.24, 2.45) is 0 Å². The maximum absolute atomic E-state index is 5.19. The third-order valence-corrected chi connectivity index (χ3v) is 3.84. The first kappa shape index (κ1) is 12.5. The molecule has 1 saturated carbocycles. The van der Waals surface area contributed by atoms with E-state index in [1.54, 1.807) is 6.26 Å². The van der Waals surface area contributed by atoms with Crippen molar-refractivity contribution in [1.82, 2.24) is 5.32 Å². The summed E-state index contributed by atoms with van der Waals surface area (Å²) in [7, 11) is 0. The number of rotatable bonds is 6. The van der Waals surface area contributed by atoms with Gasteiger partial charge in [-0.25, -0.2) is 0 Å². The van der Waals surface area contributed by atoms with E-state index in [1.807, 2.05) is 6.26 Å². The molecule has 1 aromatic carbocycles. The Hall–Kier alpha value is -1.54. The first-order valence-corrected chi connectivity index (χ1v) is 7.12. The van der Waals surface area contributed by atoms with Gasteiger partial charge in [0.1, 0.15) is 0 Å². The average Bonchev–Trinajstić information content (AvgIpc) is 3.11. The van der Waals surface area contributed by atoms with E-state index >= 15 is 0 Å². The normalized spacial score (nSPS) is 16.5. The van der Waals surface area contributed by atoms with Crippen molar-refractivity contribution in [3.63, 3.8) is 0 Å². The molecule has 1 fully saturated rings. The van der Waals surface area contributed by atoms with Gasteiger partial charge in [-0.05, 0) is 43.4 Å². The van der Waals surface area contributed by atoms with Crippen molar-refractivity contribution >= 4 is 0 Å². The second-order valence-electron chi connectivity index (χ2n) is 5.63. The van der Waals surface area contributed by atoms with E-state index in [1.165, 1.54) is 29.5 Å². The molecular formula is C17H21NO. The van der Waals surface area contributed by atoms with E-state index in [0.717, 1.165) is 19.0 Å². The number of aryl methyl sites for hydroxylation is 1. The third kappa shape index (κ3) is 3.48. The molecule has 0 amide bonds. The predicted molar refractivity (Wildman–Crippen MR) is 77.4 cm³/mol. The number of benzene rings is 1. The highest BCUT2D eigenvalue weighted by Crippen LogP contribution is 2.24. The van der Waals surface area contributed by atoms with Crippen LogP contribution in [0.25, 0.3) is 0 Å². The minimum Gasteiger partial charge on any atom is -0.472 e. The van der Waals surface area contributed by atoms with E-state index in [4.69, 9.17) is 4.42 Å². The number of furan rings is 1. The van der Waals surface area contributed by atoms with Gasteiger partial charge in [0.25, 0.3) is 0 Å². The SMILES string of the molecule is Cc1ccc(C(CNC2CC2)Cc2ccoc2)cc1. The maximum Gasteiger partial charge on any atom is 0.0934 e. The fourth-order valence-corrected chi connectivity index (χ4v) is 2.44. The predicted octanol–water partition coefficient (Wildman–Crippen LogP) is 3.67. The minimum atomic E-state index is 0.527. The first-order valence-electron chi connectivity index (χ1n) is 7.12. The topological polar surface area (TPSA) is 25.2 Å². The van der Waals surface area contributed by atoms with Gasteiger partial charge in [0.15, 0.2) is 0 Å². The number of hydrogen-bond donors (Lipinski definition) is 1. The van der Waals surface area contributed by atoms with Gasteiger partial charge in [-0.1, -0.05) is 29.8 Å². The highest BCUT2D eigenvalue weighted by molar-refractivity contribution is 5.26. The Balaban J connectivity index is 1.71. The van der Waals surface area contributed by atoms with E-state index in [9.17, 15) is 0 Å². The van der Waals surface area contributed by atoms with Crippen molar-refractivity contribution in [3.8, 4) is 0 Å². The van der Waals surface area contributed by atoms with Crippen LogP contribution in [0.4, 0.5) is 0 Å². The number of nitrogens with one attached hydrogen (secondary N) is 1. The zero-order chi connectivity index (χ0) is 13.1. The van der Waals surface area contributed by atoms with Gasteiger partial charge in [-0.3, -0.25) is 0 Å². The molecule has 0 radical (unpaired) electrons. The van der Waals surface area contributed by atoms with Crippen LogP contribution in [0.15, 0.2) is 47.3 Å². The first-order chi connectivity index (χ1) is 9.31. The lowest BCUT2D eigenvalue weighted by Crippen LogP contribution is -2.24. The van der Waals surface area contributed by atoms with Gasteiger partial charge in [-0.2, -0.15) is 0 Å². The molecule has 1 N–H and O–H groups in total.